The Hall–Kier alpha value is 2.31. The molecule has 0 rings (SSSR count). The maximum absolute atomic E-state index is 10.9. The van der Waals surface area contributed by atoms with Gasteiger partial charge >= 0.3 is 59.1 Å². The molecule has 0 saturated carbocycles. The molecule has 0 amide bonds. The van der Waals surface area contributed by atoms with Crippen molar-refractivity contribution in [1.82, 2.24) is 0 Å². The SMILES string of the molecule is C[Si](C)([O-])O[Si](C)(C)[O-].[Na+].[Na+]. The van der Waals surface area contributed by atoms with Gasteiger partial charge in [-0.2, -0.15) is 0 Å². The molecule has 56 valence electrons. The molecule has 0 aliphatic heterocycles. The van der Waals surface area contributed by atoms with Gasteiger partial charge in [-0.3, -0.25) is 0 Å². The maximum atomic E-state index is 10.9. The van der Waals surface area contributed by atoms with Crippen LogP contribution in [-0.4, -0.2) is 17.1 Å². The number of hydrogen-bond donors (Lipinski definition) is 0. The van der Waals surface area contributed by atoms with Crippen LogP contribution in [0.25, 0.3) is 0 Å². The van der Waals surface area contributed by atoms with Crippen molar-refractivity contribution >= 4 is 17.1 Å². The molecule has 0 bridgehead atoms. The smallest absolute Gasteiger partial charge is 0.839 e. The molecule has 0 aromatic heterocycles. The average Bonchev–Trinajstić information content (AvgIpc) is 1.14. The molecule has 0 radical (unpaired) electrons. The molecule has 7 heteroatoms. The van der Waals surface area contributed by atoms with Crippen LogP contribution in [0.3, 0.4) is 0 Å². The van der Waals surface area contributed by atoms with Gasteiger partial charge in [-0.1, -0.05) is 26.2 Å². The number of hydrogen-bond acceptors (Lipinski definition) is 3. The first-order valence-electron chi connectivity index (χ1n) is 2.82. The summed E-state index contributed by atoms with van der Waals surface area (Å²) in [5.74, 6) is 0. The summed E-state index contributed by atoms with van der Waals surface area (Å²) in [6, 6.07) is 0. The topological polar surface area (TPSA) is 55.3 Å². The van der Waals surface area contributed by atoms with E-state index in [1.807, 2.05) is 0 Å². The molecular weight excluding hydrogens is 198 g/mol. The van der Waals surface area contributed by atoms with Gasteiger partial charge in [0.15, 0.2) is 0 Å². The minimum absolute atomic E-state index is 0. The second kappa shape index (κ2) is 6.72. The summed E-state index contributed by atoms with van der Waals surface area (Å²) in [4.78, 5) is 21.7. The molecule has 11 heavy (non-hydrogen) atoms. The molecule has 0 aromatic rings. The Bertz CT molecular complexity index is 86.5. The minimum Gasteiger partial charge on any atom is -0.839 e. The summed E-state index contributed by atoms with van der Waals surface area (Å²) in [5.41, 5.74) is 0. The molecule has 0 heterocycles. The molecule has 0 N–H and O–H groups in total. The zero-order valence-corrected chi connectivity index (χ0v) is 14.2. The van der Waals surface area contributed by atoms with Crippen molar-refractivity contribution in [1.29, 1.82) is 0 Å². The Morgan fingerprint density at radius 2 is 1.00 bits per heavy atom. The van der Waals surface area contributed by atoms with Gasteiger partial charge in [0.1, 0.15) is 0 Å². The van der Waals surface area contributed by atoms with E-state index in [0.717, 1.165) is 0 Å². The fraction of sp³-hybridized carbons (Fsp3) is 1.00. The Morgan fingerprint density at radius 1 is 0.818 bits per heavy atom. The summed E-state index contributed by atoms with van der Waals surface area (Å²) in [7, 11) is -5.59. The van der Waals surface area contributed by atoms with Crippen LogP contribution < -0.4 is 68.7 Å². The van der Waals surface area contributed by atoms with Crippen LogP contribution in [0.5, 0.6) is 0 Å². The zero-order chi connectivity index (χ0) is 7.71. The molecule has 0 unspecified atom stereocenters. The van der Waals surface area contributed by atoms with Gasteiger partial charge < -0.3 is 13.7 Å². The first-order chi connectivity index (χ1) is 3.71. The van der Waals surface area contributed by atoms with Gasteiger partial charge in [0.2, 0.25) is 0 Å². The third-order valence-electron chi connectivity index (χ3n) is 0.492. The van der Waals surface area contributed by atoms with Crippen LogP contribution in [0.15, 0.2) is 0 Å². The Balaban J connectivity index is -0.000000320. The van der Waals surface area contributed by atoms with Gasteiger partial charge in [-0.15, -0.1) is 0 Å². The van der Waals surface area contributed by atoms with E-state index in [-0.39, 0.29) is 59.1 Å². The third-order valence-corrected chi connectivity index (χ3v) is 4.42. The summed E-state index contributed by atoms with van der Waals surface area (Å²) in [5, 5.41) is 0. The molecule has 0 fully saturated rings. The van der Waals surface area contributed by atoms with Gasteiger partial charge in [0, 0.05) is 0 Å². The monoisotopic (exact) mass is 210 g/mol. The van der Waals surface area contributed by atoms with Crippen molar-refractivity contribution in [2.75, 3.05) is 0 Å². The number of rotatable bonds is 2. The van der Waals surface area contributed by atoms with Crippen LogP contribution in [-0.2, 0) is 4.12 Å². The van der Waals surface area contributed by atoms with E-state index < -0.39 is 17.1 Å². The maximum Gasteiger partial charge on any atom is 1.00 e. The summed E-state index contributed by atoms with van der Waals surface area (Å²) in [6.07, 6.45) is 0. The second-order valence-corrected chi connectivity index (χ2v) is 9.32. The van der Waals surface area contributed by atoms with Gasteiger partial charge in [-0.05, 0) is 0 Å². The summed E-state index contributed by atoms with van der Waals surface area (Å²) >= 11 is 0. The van der Waals surface area contributed by atoms with E-state index in [9.17, 15) is 9.59 Å². The summed E-state index contributed by atoms with van der Waals surface area (Å²) < 4.78 is 4.79. The van der Waals surface area contributed by atoms with Gasteiger partial charge in [0.25, 0.3) is 0 Å². The molecule has 3 nitrogen and oxygen atoms in total. The fourth-order valence-electron chi connectivity index (χ4n) is 0.592. The second-order valence-electron chi connectivity index (χ2n) is 2.90. The molecule has 0 saturated heterocycles. The van der Waals surface area contributed by atoms with Crippen molar-refractivity contribution in [2.24, 2.45) is 0 Å². The first-order valence-corrected chi connectivity index (χ1v) is 8.45. The average molecular weight is 210 g/mol. The normalized spacial score (nSPS) is 11.5. The molecular formula is C4H12Na2O3Si2. The van der Waals surface area contributed by atoms with Crippen LogP contribution in [0.4, 0.5) is 0 Å². The van der Waals surface area contributed by atoms with E-state index >= 15 is 0 Å². The van der Waals surface area contributed by atoms with E-state index in [1.54, 1.807) is 0 Å². The van der Waals surface area contributed by atoms with Gasteiger partial charge in [0.05, 0.1) is 17.1 Å². The van der Waals surface area contributed by atoms with Crippen molar-refractivity contribution in [3.05, 3.63) is 0 Å². The van der Waals surface area contributed by atoms with Crippen molar-refractivity contribution in [3.8, 4) is 0 Å². The Kier molecular flexibility index (Phi) is 11.6. The van der Waals surface area contributed by atoms with E-state index in [2.05, 4.69) is 0 Å². The predicted molar refractivity (Wildman–Crippen MR) is 36.0 cm³/mol. The zero-order valence-electron chi connectivity index (χ0n) is 8.22. The first kappa shape index (κ1) is 19.0. The van der Waals surface area contributed by atoms with Crippen molar-refractivity contribution < 1.29 is 72.8 Å². The third kappa shape index (κ3) is 19.0. The standard InChI is InChI=1S/C4H12O3Si2.2Na/c1-8(2,5)7-9(3,4)6;;/h1-4H3;;/q-2;2*+1. The molecule has 0 aliphatic carbocycles. The fourth-order valence-corrected chi connectivity index (χ4v) is 5.33. The minimum atomic E-state index is -2.79. The van der Waals surface area contributed by atoms with Crippen LogP contribution >= 0.6 is 0 Å². The quantitative estimate of drug-likeness (QED) is 0.426. The Labute approximate surface area is 115 Å². The molecule has 0 atom stereocenters. The largest absolute Gasteiger partial charge is 1.00 e. The molecule has 0 spiro atoms. The molecule has 0 aromatic carbocycles. The van der Waals surface area contributed by atoms with Crippen LogP contribution in [0.2, 0.25) is 26.2 Å². The Morgan fingerprint density at radius 3 is 1.00 bits per heavy atom. The summed E-state index contributed by atoms with van der Waals surface area (Å²) in [6.45, 7) is 5.94. The predicted octanol–water partition coefficient (Wildman–Crippen LogP) is -6.86. The van der Waals surface area contributed by atoms with Crippen LogP contribution in [0, 0.1) is 0 Å². The van der Waals surface area contributed by atoms with E-state index in [0.29, 0.717) is 0 Å². The van der Waals surface area contributed by atoms with E-state index in [1.165, 1.54) is 26.2 Å². The van der Waals surface area contributed by atoms with Gasteiger partial charge in [-0.25, -0.2) is 0 Å². The van der Waals surface area contributed by atoms with E-state index in [4.69, 9.17) is 4.12 Å². The molecule has 0 aliphatic rings. The van der Waals surface area contributed by atoms with Crippen LogP contribution in [0.1, 0.15) is 0 Å². The van der Waals surface area contributed by atoms with Crippen molar-refractivity contribution in [3.63, 3.8) is 0 Å². The van der Waals surface area contributed by atoms with Crippen molar-refractivity contribution in [2.45, 2.75) is 26.2 Å².